The molecule has 1 saturated carbocycles. The van der Waals surface area contributed by atoms with Crippen molar-refractivity contribution in [3.05, 3.63) is 46.2 Å². The van der Waals surface area contributed by atoms with Gasteiger partial charge in [0.1, 0.15) is 18.4 Å². The summed E-state index contributed by atoms with van der Waals surface area (Å²) in [5.74, 6) is -0.999. The van der Waals surface area contributed by atoms with Crippen molar-refractivity contribution in [1.82, 2.24) is 9.97 Å². The van der Waals surface area contributed by atoms with Gasteiger partial charge in [-0.25, -0.2) is 10.3 Å². The Balaban J connectivity index is 1.38. The van der Waals surface area contributed by atoms with Crippen LogP contribution in [0.3, 0.4) is 0 Å². The highest BCUT2D eigenvalue weighted by molar-refractivity contribution is 5.90. The number of carbonyl (C=O) groups is 2. The second kappa shape index (κ2) is 8.26. The van der Waals surface area contributed by atoms with Gasteiger partial charge in [0.25, 0.3) is 5.56 Å². The van der Waals surface area contributed by atoms with E-state index >= 15 is 0 Å². The summed E-state index contributed by atoms with van der Waals surface area (Å²) in [4.78, 5) is 42.8. The summed E-state index contributed by atoms with van der Waals surface area (Å²) in [6, 6.07) is 8.73. The Bertz CT molecular complexity index is 1060. The lowest BCUT2D eigenvalue weighted by molar-refractivity contribution is -0.118. The topological polar surface area (TPSA) is 159 Å². The Kier molecular flexibility index (Phi) is 5.51. The number of hydrogen-bond acceptors (Lipinski definition) is 9. The van der Waals surface area contributed by atoms with Gasteiger partial charge in [0.2, 0.25) is 11.9 Å². The van der Waals surface area contributed by atoms with Crippen LogP contribution in [0.5, 0.6) is 0 Å². The van der Waals surface area contributed by atoms with E-state index in [4.69, 9.17) is 15.0 Å². The first-order valence-corrected chi connectivity index (χ1v) is 9.88. The van der Waals surface area contributed by atoms with Crippen LogP contribution in [0.4, 0.5) is 17.5 Å². The van der Waals surface area contributed by atoms with Gasteiger partial charge < -0.3 is 14.8 Å². The minimum atomic E-state index is -0.663. The van der Waals surface area contributed by atoms with Gasteiger partial charge in [-0.15, -0.1) is 5.11 Å². The Morgan fingerprint density at radius 3 is 2.68 bits per heavy atom. The number of fused-ring (bicyclic) bond motifs is 1. The molecule has 162 valence electrons. The molecular weight excluding hydrogens is 404 g/mol. The van der Waals surface area contributed by atoms with Crippen molar-refractivity contribution in [1.29, 1.82) is 5.53 Å². The van der Waals surface area contributed by atoms with Gasteiger partial charge in [-0.1, -0.05) is 32.0 Å². The van der Waals surface area contributed by atoms with Crippen molar-refractivity contribution in [2.45, 2.75) is 38.7 Å². The standard InChI is InChI=1S/C20H22N6O5/c1-9(2)17(27)24-20-23-16(13(26-21)18(28)25-20)22-12-8-11-14(30-12)15(11)31-19(29)10-6-4-3-5-7-10/h3-7,9,11-12,14-15,21H,8H2,1-2H3,(H3,22,23,24,25,27,28)/t11?,12-,14+,15?/m1/s1. The number of esters is 1. The van der Waals surface area contributed by atoms with E-state index in [1.165, 1.54) is 0 Å². The number of carbonyl (C=O) groups excluding carboxylic acids is 2. The molecule has 0 bridgehead atoms. The number of anilines is 2. The normalized spacial score (nSPS) is 23.7. The molecule has 11 heteroatoms. The second-order valence-electron chi connectivity index (χ2n) is 7.74. The molecule has 0 spiro atoms. The van der Waals surface area contributed by atoms with Crippen LogP contribution in [0.1, 0.15) is 30.6 Å². The Morgan fingerprint density at radius 2 is 2.06 bits per heavy atom. The van der Waals surface area contributed by atoms with E-state index < -0.39 is 17.8 Å². The molecule has 1 aliphatic heterocycles. The average molecular weight is 426 g/mol. The van der Waals surface area contributed by atoms with Crippen LogP contribution < -0.4 is 16.2 Å². The van der Waals surface area contributed by atoms with Crippen LogP contribution >= 0.6 is 0 Å². The van der Waals surface area contributed by atoms with Gasteiger partial charge in [-0.05, 0) is 12.1 Å². The molecule has 2 aromatic rings. The first kappa shape index (κ1) is 20.7. The molecule has 0 radical (unpaired) electrons. The van der Waals surface area contributed by atoms with E-state index in [0.29, 0.717) is 12.0 Å². The second-order valence-corrected chi connectivity index (χ2v) is 7.74. The van der Waals surface area contributed by atoms with Crippen molar-refractivity contribution >= 4 is 29.3 Å². The fourth-order valence-corrected chi connectivity index (χ4v) is 3.41. The lowest BCUT2D eigenvalue weighted by atomic mass is 10.2. The quantitative estimate of drug-likeness (QED) is 0.391. The molecule has 1 saturated heterocycles. The first-order valence-electron chi connectivity index (χ1n) is 9.88. The van der Waals surface area contributed by atoms with Crippen molar-refractivity contribution in [2.75, 3.05) is 10.6 Å². The molecule has 4 atom stereocenters. The van der Waals surface area contributed by atoms with Crippen molar-refractivity contribution < 1.29 is 19.1 Å². The summed E-state index contributed by atoms with van der Waals surface area (Å²) in [6.07, 6.45) is -0.537. The number of H-pyrrole nitrogens is 1. The predicted octanol–water partition coefficient (Wildman–Crippen LogP) is 2.41. The van der Waals surface area contributed by atoms with E-state index in [0.717, 1.165) is 0 Å². The molecule has 2 heterocycles. The van der Waals surface area contributed by atoms with E-state index in [2.05, 4.69) is 25.7 Å². The zero-order chi connectivity index (χ0) is 22.1. The third-order valence-corrected chi connectivity index (χ3v) is 5.16. The Morgan fingerprint density at radius 1 is 1.32 bits per heavy atom. The molecule has 1 aromatic heterocycles. The highest BCUT2D eigenvalue weighted by atomic mass is 16.6. The molecule has 2 aliphatic rings. The number of rotatable bonds is 7. The summed E-state index contributed by atoms with van der Waals surface area (Å²) >= 11 is 0. The summed E-state index contributed by atoms with van der Waals surface area (Å²) in [5, 5.41) is 8.69. The lowest BCUT2D eigenvalue weighted by Crippen LogP contribution is -2.27. The fraction of sp³-hybridized carbons (Fsp3) is 0.400. The number of amides is 1. The Labute approximate surface area is 177 Å². The van der Waals surface area contributed by atoms with E-state index in [1.54, 1.807) is 38.1 Å². The zero-order valence-corrected chi connectivity index (χ0v) is 16.9. The minimum Gasteiger partial charge on any atom is -0.456 e. The summed E-state index contributed by atoms with van der Waals surface area (Å²) in [5.41, 5.74) is 6.85. The van der Waals surface area contributed by atoms with Crippen LogP contribution in [0.25, 0.3) is 0 Å². The molecule has 1 aromatic carbocycles. The third kappa shape index (κ3) is 4.31. The average Bonchev–Trinajstić information content (AvgIpc) is 3.17. The van der Waals surface area contributed by atoms with E-state index in [-0.39, 0.29) is 47.4 Å². The van der Waals surface area contributed by atoms with Gasteiger partial charge in [0, 0.05) is 18.3 Å². The molecular formula is C20H22N6O5. The molecule has 2 fully saturated rings. The van der Waals surface area contributed by atoms with Crippen molar-refractivity contribution in [2.24, 2.45) is 17.0 Å². The summed E-state index contributed by atoms with van der Waals surface area (Å²) < 4.78 is 11.4. The van der Waals surface area contributed by atoms with Gasteiger partial charge in [0.05, 0.1) is 5.56 Å². The van der Waals surface area contributed by atoms with Crippen LogP contribution in [0.2, 0.25) is 0 Å². The summed E-state index contributed by atoms with van der Waals surface area (Å²) in [7, 11) is 0. The van der Waals surface area contributed by atoms with Gasteiger partial charge in [-0.3, -0.25) is 19.9 Å². The molecule has 4 N–H and O–H groups in total. The first-order chi connectivity index (χ1) is 14.9. The minimum absolute atomic E-state index is 0.0296. The molecule has 2 unspecified atom stereocenters. The predicted molar refractivity (Wildman–Crippen MR) is 109 cm³/mol. The lowest BCUT2D eigenvalue weighted by Gasteiger charge is -2.18. The number of aromatic amines is 1. The maximum atomic E-state index is 12.2. The third-order valence-electron chi connectivity index (χ3n) is 5.16. The smallest absolute Gasteiger partial charge is 0.338 e. The number of ether oxygens (including phenoxy) is 2. The Hall–Kier alpha value is -3.60. The SMILES string of the molecule is CC(C)C(=O)Nc1nc(N[C@H]2CC3C(OC(=O)c4ccccc4)[C@H]3O2)c(N=N)c(=O)[nH]1. The van der Waals surface area contributed by atoms with Gasteiger partial charge in [0.15, 0.2) is 11.5 Å². The molecule has 11 nitrogen and oxygen atoms in total. The maximum Gasteiger partial charge on any atom is 0.338 e. The van der Waals surface area contributed by atoms with Crippen LogP contribution in [0.15, 0.2) is 40.2 Å². The van der Waals surface area contributed by atoms with Crippen LogP contribution in [0, 0.1) is 17.4 Å². The van der Waals surface area contributed by atoms with Crippen molar-refractivity contribution in [3.8, 4) is 0 Å². The molecule has 31 heavy (non-hydrogen) atoms. The molecule has 4 rings (SSSR count). The van der Waals surface area contributed by atoms with E-state index in [9.17, 15) is 14.4 Å². The molecule has 1 amide bonds. The fourth-order valence-electron chi connectivity index (χ4n) is 3.41. The molecule has 1 aliphatic carbocycles. The zero-order valence-electron chi connectivity index (χ0n) is 16.9. The maximum absolute atomic E-state index is 12.2. The monoisotopic (exact) mass is 426 g/mol. The van der Waals surface area contributed by atoms with Crippen LogP contribution in [-0.4, -0.2) is 40.3 Å². The number of hydrogen-bond donors (Lipinski definition) is 4. The summed E-state index contributed by atoms with van der Waals surface area (Å²) in [6.45, 7) is 3.42. The largest absolute Gasteiger partial charge is 0.456 e. The van der Waals surface area contributed by atoms with Gasteiger partial charge >= 0.3 is 5.97 Å². The van der Waals surface area contributed by atoms with Gasteiger partial charge in [-0.2, -0.15) is 4.98 Å². The number of nitrogens with zero attached hydrogens (tertiary/aromatic N) is 2. The van der Waals surface area contributed by atoms with Crippen LogP contribution in [-0.2, 0) is 14.3 Å². The number of nitrogens with one attached hydrogen (secondary N) is 4. The number of benzene rings is 1. The highest BCUT2D eigenvalue weighted by Gasteiger charge is 2.61. The van der Waals surface area contributed by atoms with E-state index in [1.807, 2.05) is 6.07 Å². The highest BCUT2D eigenvalue weighted by Crippen LogP contribution is 2.48. The van der Waals surface area contributed by atoms with Crippen molar-refractivity contribution in [3.63, 3.8) is 0 Å². The number of aromatic nitrogens is 2.